The second-order valence-corrected chi connectivity index (χ2v) is 14.3. The standard InChI is InChI=1S/C37H54O6/c1-13-14-15-16-19-37(11,12)27-21-30(40-23-42-33(38)35(5,6)7)32(29-20-26(4)17-18-28(29)25(2)3)31(22-27)41-24-43-34(39)36(8,9)10/h17-18,20-22H,2,13-16,19,23-24H2,1,3-12H3. The molecule has 0 saturated carbocycles. The van der Waals surface area contributed by atoms with Crippen LogP contribution in [0.4, 0.5) is 0 Å². The second kappa shape index (κ2) is 14.9. The number of carbonyl (C=O) groups excluding carboxylic acids is 2. The van der Waals surface area contributed by atoms with Crippen molar-refractivity contribution in [3.63, 3.8) is 0 Å². The van der Waals surface area contributed by atoms with Gasteiger partial charge in [-0.15, -0.1) is 0 Å². The molecule has 0 radical (unpaired) electrons. The van der Waals surface area contributed by atoms with Crippen LogP contribution in [0.25, 0.3) is 16.7 Å². The third-order valence-electron chi connectivity index (χ3n) is 7.44. The molecule has 2 aromatic rings. The quantitative estimate of drug-likeness (QED) is 0.123. The van der Waals surface area contributed by atoms with E-state index in [0.717, 1.165) is 40.7 Å². The van der Waals surface area contributed by atoms with Crippen LogP contribution in [-0.2, 0) is 24.5 Å². The highest BCUT2D eigenvalue weighted by atomic mass is 16.7. The van der Waals surface area contributed by atoms with Crippen molar-refractivity contribution in [3.05, 3.63) is 53.6 Å². The second-order valence-electron chi connectivity index (χ2n) is 14.3. The van der Waals surface area contributed by atoms with E-state index in [-0.39, 0.29) is 30.9 Å². The maximum atomic E-state index is 12.6. The van der Waals surface area contributed by atoms with Gasteiger partial charge in [0.25, 0.3) is 0 Å². The number of unbranched alkanes of at least 4 members (excludes halogenated alkanes) is 3. The fourth-order valence-corrected chi connectivity index (χ4v) is 4.57. The van der Waals surface area contributed by atoms with Crippen LogP contribution in [0.3, 0.4) is 0 Å². The van der Waals surface area contributed by atoms with Crippen LogP contribution in [-0.4, -0.2) is 25.5 Å². The Kier molecular flexibility index (Phi) is 12.5. The molecule has 0 fully saturated rings. The Bertz CT molecular complexity index is 1220. The molecule has 238 valence electrons. The summed E-state index contributed by atoms with van der Waals surface area (Å²) in [5, 5.41) is 0. The maximum Gasteiger partial charge on any atom is 0.314 e. The molecular formula is C37H54O6. The Morgan fingerprint density at radius 1 is 0.767 bits per heavy atom. The number of hydrogen-bond acceptors (Lipinski definition) is 6. The summed E-state index contributed by atoms with van der Waals surface area (Å²) in [5.41, 5.74) is 3.92. The Hall–Kier alpha value is -3.28. The predicted molar refractivity (Wildman–Crippen MR) is 175 cm³/mol. The monoisotopic (exact) mass is 594 g/mol. The van der Waals surface area contributed by atoms with Gasteiger partial charge in [-0.25, -0.2) is 0 Å². The van der Waals surface area contributed by atoms with E-state index < -0.39 is 10.8 Å². The highest BCUT2D eigenvalue weighted by Crippen LogP contribution is 2.46. The largest absolute Gasteiger partial charge is 0.457 e. The number of rotatable bonds is 14. The van der Waals surface area contributed by atoms with Crippen molar-refractivity contribution in [2.45, 2.75) is 114 Å². The van der Waals surface area contributed by atoms with Crippen molar-refractivity contribution >= 4 is 17.5 Å². The molecule has 0 N–H and O–H groups in total. The van der Waals surface area contributed by atoms with E-state index in [0.29, 0.717) is 17.1 Å². The van der Waals surface area contributed by atoms with Crippen LogP contribution in [0.15, 0.2) is 36.9 Å². The minimum Gasteiger partial charge on any atom is -0.457 e. The van der Waals surface area contributed by atoms with Crippen molar-refractivity contribution in [3.8, 4) is 22.6 Å². The molecule has 0 aliphatic rings. The first-order chi connectivity index (χ1) is 19.9. The van der Waals surface area contributed by atoms with Gasteiger partial charge in [0.05, 0.1) is 16.4 Å². The van der Waals surface area contributed by atoms with Gasteiger partial charge >= 0.3 is 11.9 Å². The number of carbonyl (C=O) groups is 2. The third kappa shape index (κ3) is 10.4. The highest BCUT2D eigenvalue weighted by molar-refractivity contribution is 5.87. The summed E-state index contributed by atoms with van der Waals surface area (Å²) in [7, 11) is 0. The Labute approximate surface area is 260 Å². The average molecular weight is 595 g/mol. The zero-order valence-corrected chi connectivity index (χ0v) is 28.5. The number of hydrogen-bond donors (Lipinski definition) is 0. The highest BCUT2D eigenvalue weighted by Gasteiger charge is 2.28. The van der Waals surface area contributed by atoms with Gasteiger partial charge < -0.3 is 18.9 Å². The molecule has 0 saturated heterocycles. The van der Waals surface area contributed by atoms with Crippen molar-refractivity contribution in [1.82, 2.24) is 0 Å². The van der Waals surface area contributed by atoms with Gasteiger partial charge in [0.1, 0.15) is 11.5 Å². The van der Waals surface area contributed by atoms with Gasteiger partial charge in [-0.05, 0) is 96.0 Å². The summed E-state index contributed by atoms with van der Waals surface area (Å²) in [6.07, 6.45) is 5.62. The molecule has 6 heteroatoms. The van der Waals surface area contributed by atoms with Gasteiger partial charge in [0.15, 0.2) is 0 Å². The summed E-state index contributed by atoms with van der Waals surface area (Å²) < 4.78 is 23.6. The van der Waals surface area contributed by atoms with Gasteiger partial charge in [0, 0.05) is 0 Å². The number of allylic oxidation sites excluding steroid dienone is 1. The lowest BCUT2D eigenvalue weighted by atomic mass is 9.78. The maximum absolute atomic E-state index is 12.6. The van der Waals surface area contributed by atoms with Crippen LogP contribution in [0, 0.1) is 17.8 Å². The van der Waals surface area contributed by atoms with Crippen LogP contribution in [0.1, 0.15) is 118 Å². The lowest BCUT2D eigenvalue weighted by Crippen LogP contribution is -2.25. The Morgan fingerprint density at radius 2 is 1.28 bits per heavy atom. The zero-order chi connectivity index (χ0) is 32.6. The van der Waals surface area contributed by atoms with E-state index in [1.54, 1.807) is 41.5 Å². The molecular weight excluding hydrogens is 540 g/mol. The van der Waals surface area contributed by atoms with E-state index in [9.17, 15) is 9.59 Å². The molecule has 0 aromatic heterocycles. The molecule has 2 rings (SSSR count). The normalized spacial score (nSPS) is 12.1. The van der Waals surface area contributed by atoms with E-state index >= 15 is 0 Å². The third-order valence-corrected chi connectivity index (χ3v) is 7.44. The lowest BCUT2D eigenvalue weighted by Gasteiger charge is -2.29. The van der Waals surface area contributed by atoms with Crippen LogP contribution in [0.2, 0.25) is 0 Å². The molecule has 0 bridgehead atoms. The number of benzene rings is 2. The first kappa shape index (κ1) is 35.9. The molecule has 0 heterocycles. The van der Waals surface area contributed by atoms with Gasteiger partial charge in [-0.1, -0.05) is 82.4 Å². The minimum atomic E-state index is -0.663. The first-order valence-electron chi connectivity index (χ1n) is 15.4. The van der Waals surface area contributed by atoms with Gasteiger partial charge in [-0.3, -0.25) is 9.59 Å². The SMILES string of the molecule is C=C(C)c1ccc(C)cc1-c1c(OCOC(=O)C(C)(C)C)cc(C(C)(C)CCCCCC)cc1OCOC(=O)C(C)(C)C. The molecule has 43 heavy (non-hydrogen) atoms. The van der Waals surface area contributed by atoms with E-state index in [4.69, 9.17) is 18.9 Å². The number of aryl methyl sites for hydroxylation is 1. The van der Waals surface area contributed by atoms with E-state index in [1.165, 1.54) is 19.3 Å². The Balaban J connectivity index is 2.72. The van der Waals surface area contributed by atoms with Crippen LogP contribution < -0.4 is 9.47 Å². The van der Waals surface area contributed by atoms with Gasteiger partial charge in [-0.2, -0.15) is 0 Å². The van der Waals surface area contributed by atoms with E-state index in [1.807, 2.05) is 38.1 Å². The molecule has 0 spiro atoms. The van der Waals surface area contributed by atoms with Crippen molar-refractivity contribution < 1.29 is 28.5 Å². The minimum absolute atomic E-state index is 0.198. The number of esters is 2. The predicted octanol–water partition coefficient (Wildman–Crippen LogP) is 9.79. The summed E-state index contributed by atoms with van der Waals surface area (Å²) in [6, 6.07) is 10.2. The van der Waals surface area contributed by atoms with Gasteiger partial charge in [0.2, 0.25) is 13.6 Å². The van der Waals surface area contributed by atoms with E-state index in [2.05, 4.69) is 33.4 Å². The fraction of sp³-hybridized carbons (Fsp3) is 0.568. The first-order valence-corrected chi connectivity index (χ1v) is 15.4. The number of ether oxygens (including phenoxy) is 4. The summed E-state index contributed by atoms with van der Waals surface area (Å²) >= 11 is 0. The zero-order valence-electron chi connectivity index (χ0n) is 28.5. The summed E-state index contributed by atoms with van der Waals surface area (Å²) in [4.78, 5) is 25.1. The molecule has 6 nitrogen and oxygen atoms in total. The fourth-order valence-electron chi connectivity index (χ4n) is 4.57. The topological polar surface area (TPSA) is 71.1 Å². The molecule has 0 amide bonds. The van der Waals surface area contributed by atoms with Crippen molar-refractivity contribution in [2.24, 2.45) is 10.8 Å². The summed E-state index contributed by atoms with van der Waals surface area (Å²) in [6.45, 7) is 25.2. The smallest absolute Gasteiger partial charge is 0.314 e. The van der Waals surface area contributed by atoms with Crippen molar-refractivity contribution in [2.75, 3.05) is 13.6 Å². The van der Waals surface area contributed by atoms with Crippen molar-refractivity contribution in [1.29, 1.82) is 0 Å². The van der Waals surface area contributed by atoms with Crippen LogP contribution >= 0.6 is 0 Å². The lowest BCUT2D eigenvalue weighted by molar-refractivity contribution is -0.160. The molecule has 0 atom stereocenters. The molecule has 2 aromatic carbocycles. The van der Waals surface area contributed by atoms with Crippen LogP contribution in [0.5, 0.6) is 11.5 Å². The molecule has 0 aliphatic heterocycles. The molecule has 0 aliphatic carbocycles. The molecule has 0 unspecified atom stereocenters. The summed E-state index contributed by atoms with van der Waals surface area (Å²) in [5.74, 6) is 0.326. The average Bonchev–Trinajstić information content (AvgIpc) is 2.89. The Morgan fingerprint density at radius 3 is 1.72 bits per heavy atom.